The molecule has 0 saturated carbocycles. The van der Waals surface area contributed by atoms with Crippen LogP contribution in [0.1, 0.15) is 5.69 Å². The highest BCUT2D eigenvalue weighted by molar-refractivity contribution is 5.67. The zero-order chi connectivity index (χ0) is 14.7. The zero-order valence-electron chi connectivity index (χ0n) is 11.4. The van der Waals surface area contributed by atoms with Crippen molar-refractivity contribution in [2.75, 3.05) is 7.11 Å². The second-order valence-electron chi connectivity index (χ2n) is 4.37. The van der Waals surface area contributed by atoms with Crippen LogP contribution in [0.15, 0.2) is 54.6 Å². The Labute approximate surface area is 122 Å². The van der Waals surface area contributed by atoms with Crippen LogP contribution < -0.4 is 4.74 Å². The van der Waals surface area contributed by atoms with Crippen molar-refractivity contribution in [3.05, 3.63) is 60.3 Å². The van der Waals surface area contributed by atoms with E-state index in [0.717, 1.165) is 17.0 Å². The number of methoxy groups -OCH3 is 1. The van der Waals surface area contributed by atoms with Crippen molar-refractivity contribution in [1.82, 2.24) is 15.0 Å². The molecular weight excluding hydrogens is 264 g/mol. The highest BCUT2D eigenvalue weighted by Crippen LogP contribution is 2.26. The maximum Gasteiger partial charge on any atom is 0.191 e. The molecule has 0 bridgehead atoms. The van der Waals surface area contributed by atoms with Crippen molar-refractivity contribution in [3.63, 3.8) is 0 Å². The molecule has 3 aromatic rings. The van der Waals surface area contributed by atoms with E-state index in [1.54, 1.807) is 11.8 Å². The predicted molar refractivity (Wildman–Crippen MR) is 78.1 cm³/mol. The van der Waals surface area contributed by atoms with Crippen LogP contribution in [0.2, 0.25) is 0 Å². The van der Waals surface area contributed by atoms with Crippen LogP contribution in [-0.4, -0.2) is 22.1 Å². The van der Waals surface area contributed by atoms with E-state index in [9.17, 15) is 5.26 Å². The van der Waals surface area contributed by atoms with E-state index in [1.165, 1.54) is 0 Å². The van der Waals surface area contributed by atoms with Gasteiger partial charge in [0.1, 0.15) is 17.5 Å². The molecule has 0 fully saturated rings. The van der Waals surface area contributed by atoms with Crippen LogP contribution in [0.3, 0.4) is 0 Å². The molecule has 1 heterocycles. The highest BCUT2D eigenvalue weighted by Gasteiger charge is 2.15. The Bertz CT molecular complexity index is 785. The Morgan fingerprint density at radius 1 is 1.05 bits per heavy atom. The first-order valence-corrected chi connectivity index (χ1v) is 6.39. The summed E-state index contributed by atoms with van der Waals surface area (Å²) in [5.41, 5.74) is 2.69. The van der Waals surface area contributed by atoms with Gasteiger partial charge < -0.3 is 4.74 Å². The molecule has 0 saturated heterocycles. The summed E-state index contributed by atoms with van der Waals surface area (Å²) in [5.74, 6) is 0.760. The third kappa shape index (κ3) is 2.35. The summed E-state index contributed by atoms with van der Waals surface area (Å²) in [4.78, 5) is 0. The van der Waals surface area contributed by atoms with Gasteiger partial charge in [-0.05, 0) is 36.4 Å². The number of nitrogens with zero attached hydrogens (tertiary/aromatic N) is 4. The minimum atomic E-state index is 0.295. The largest absolute Gasteiger partial charge is 0.497 e. The SMILES string of the molecule is COc1ccc(-c2c(C#N)nnn2-c2ccccc2)cc1. The summed E-state index contributed by atoms with van der Waals surface area (Å²) in [7, 11) is 1.62. The van der Waals surface area contributed by atoms with Crippen LogP contribution in [0.4, 0.5) is 0 Å². The maximum atomic E-state index is 9.25. The predicted octanol–water partition coefficient (Wildman–Crippen LogP) is 2.81. The lowest BCUT2D eigenvalue weighted by molar-refractivity contribution is 0.415. The summed E-state index contributed by atoms with van der Waals surface area (Å²) in [6, 6.07) is 19.2. The molecule has 3 rings (SSSR count). The van der Waals surface area contributed by atoms with E-state index in [4.69, 9.17) is 4.74 Å². The lowest BCUT2D eigenvalue weighted by Gasteiger charge is -2.07. The number of para-hydroxylation sites is 1. The highest BCUT2D eigenvalue weighted by atomic mass is 16.5. The van der Waals surface area contributed by atoms with Gasteiger partial charge in [0.2, 0.25) is 0 Å². The molecule has 0 amide bonds. The lowest BCUT2D eigenvalue weighted by Crippen LogP contribution is -1.99. The normalized spacial score (nSPS) is 10.1. The van der Waals surface area contributed by atoms with Gasteiger partial charge in [-0.15, -0.1) is 5.10 Å². The topological polar surface area (TPSA) is 63.7 Å². The summed E-state index contributed by atoms with van der Waals surface area (Å²) in [6.07, 6.45) is 0. The fraction of sp³-hybridized carbons (Fsp3) is 0.0625. The first-order valence-electron chi connectivity index (χ1n) is 6.39. The molecule has 2 aromatic carbocycles. The third-order valence-electron chi connectivity index (χ3n) is 3.14. The second kappa shape index (κ2) is 5.47. The molecule has 5 nitrogen and oxygen atoms in total. The molecule has 0 N–H and O–H groups in total. The number of hydrogen-bond donors (Lipinski definition) is 0. The monoisotopic (exact) mass is 276 g/mol. The summed E-state index contributed by atoms with van der Waals surface area (Å²) < 4.78 is 6.82. The van der Waals surface area contributed by atoms with Crippen LogP contribution >= 0.6 is 0 Å². The lowest BCUT2D eigenvalue weighted by atomic mass is 10.1. The van der Waals surface area contributed by atoms with Gasteiger partial charge in [0.25, 0.3) is 0 Å². The molecule has 21 heavy (non-hydrogen) atoms. The fourth-order valence-electron chi connectivity index (χ4n) is 2.11. The molecular formula is C16H12N4O. The van der Waals surface area contributed by atoms with Crippen LogP contribution in [0, 0.1) is 11.3 Å². The van der Waals surface area contributed by atoms with Gasteiger partial charge in [-0.25, -0.2) is 4.68 Å². The average Bonchev–Trinajstić information content (AvgIpc) is 2.99. The van der Waals surface area contributed by atoms with Crippen molar-refractivity contribution in [1.29, 1.82) is 5.26 Å². The molecule has 0 radical (unpaired) electrons. The van der Waals surface area contributed by atoms with Crippen LogP contribution in [0.25, 0.3) is 16.9 Å². The molecule has 0 aliphatic carbocycles. The minimum Gasteiger partial charge on any atom is -0.497 e. The third-order valence-corrected chi connectivity index (χ3v) is 3.14. The van der Waals surface area contributed by atoms with Crippen LogP contribution in [0.5, 0.6) is 5.75 Å². The number of hydrogen-bond acceptors (Lipinski definition) is 4. The van der Waals surface area contributed by atoms with Crippen LogP contribution in [-0.2, 0) is 0 Å². The van der Waals surface area contributed by atoms with Gasteiger partial charge in [0.05, 0.1) is 12.8 Å². The Balaban J connectivity index is 2.16. The molecule has 0 aliphatic rings. The van der Waals surface area contributed by atoms with E-state index in [2.05, 4.69) is 16.4 Å². The molecule has 0 aliphatic heterocycles. The van der Waals surface area contributed by atoms with Crippen molar-refractivity contribution >= 4 is 0 Å². The molecule has 0 unspecified atom stereocenters. The Hall–Kier alpha value is -3.13. The number of ether oxygens (including phenoxy) is 1. The van der Waals surface area contributed by atoms with E-state index in [0.29, 0.717) is 11.4 Å². The van der Waals surface area contributed by atoms with Gasteiger partial charge in [-0.2, -0.15) is 5.26 Å². The Morgan fingerprint density at radius 2 is 1.76 bits per heavy atom. The zero-order valence-corrected chi connectivity index (χ0v) is 11.4. The van der Waals surface area contributed by atoms with Gasteiger partial charge in [-0.1, -0.05) is 23.4 Å². The molecule has 102 valence electrons. The number of aromatic nitrogens is 3. The smallest absolute Gasteiger partial charge is 0.191 e. The maximum absolute atomic E-state index is 9.25. The van der Waals surface area contributed by atoms with Crippen molar-refractivity contribution in [3.8, 4) is 28.8 Å². The number of benzene rings is 2. The summed E-state index contributed by atoms with van der Waals surface area (Å²) in [5, 5.41) is 17.3. The van der Waals surface area contributed by atoms with Gasteiger partial charge >= 0.3 is 0 Å². The summed E-state index contributed by atoms with van der Waals surface area (Å²) >= 11 is 0. The average molecular weight is 276 g/mol. The van der Waals surface area contributed by atoms with E-state index in [1.807, 2.05) is 54.6 Å². The standard InChI is InChI=1S/C16H12N4O/c1-21-14-9-7-12(8-10-14)16-15(11-17)18-19-20(16)13-5-3-2-4-6-13/h2-10H,1H3. The first-order chi connectivity index (χ1) is 10.3. The van der Waals surface area contributed by atoms with E-state index < -0.39 is 0 Å². The quantitative estimate of drug-likeness (QED) is 0.738. The van der Waals surface area contributed by atoms with Gasteiger partial charge in [0.15, 0.2) is 5.69 Å². The number of rotatable bonds is 3. The molecule has 0 spiro atoms. The molecule has 0 atom stereocenters. The van der Waals surface area contributed by atoms with Gasteiger partial charge in [0, 0.05) is 5.56 Å². The molecule has 1 aromatic heterocycles. The Morgan fingerprint density at radius 3 is 2.38 bits per heavy atom. The first kappa shape index (κ1) is 12.9. The van der Waals surface area contributed by atoms with Crippen molar-refractivity contribution in [2.45, 2.75) is 0 Å². The fourth-order valence-corrected chi connectivity index (χ4v) is 2.11. The summed E-state index contributed by atoms with van der Waals surface area (Å²) in [6.45, 7) is 0. The van der Waals surface area contributed by atoms with E-state index in [-0.39, 0.29) is 0 Å². The van der Waals surface area contributed by atoms with Crippen molar-refractivity contribution < 1.29 is 4.74 Å². The minimum absolute atomic E-state index is 0.295. The number of nitriles is 1. The van der Waals surface area contributed by atoms with Gasteiger partial charge in [-0.3, -0.25) is 0 Å². The van der Waals surface area contributed by atoms with Crippen molar-refractivity contribution in [2.24, 2.45) is 0 Å². The molecule has 5 heteroatoms. The van der Waals surface area contributed by atoms with E-state index >= 15 is 0 Å². The Kier molecular flexibility index (Phi) is 3.36. The second-order valence-corrected chi connectivity index (χ2v) is 4.37.